The van der Waals surface area contributed by atoms with Crippen molar-refractivity contribution in [1.29, 1.82) is 0 Å². The summed E-state index contributed by atoms with van der Waals surface area (Å²) in [6.07, 6.45) is 6.23. The molecular formula is C16H23N. The lowest BCUT2D eigenvalue weighted by molar-refractivity contribution is 0.568. The Kier molecular flexibility index (Phi) is 2.36. The highest BCUT2D eigenvalue weighted by atomic mass is 14.7. The molecule has 2 aliphatic carbocycles. The summed E-state index contributed by atoms with van der Waals surface area (Å²) >= 11 is 0. The van der Waals surface area contributed by atoms with Crippen LogP contribution in [0, 0.1) is 5.92 Å². The average molecular weight is 229 g/mol. The fraction of sp³-hybridized carbons (Fsp3) is 0.688. The van der Waals surface area contributed by atoms with E-state index in [0.29, 0.717) is 0 Å². The Bertz CT molecular complexity index is 465. The molecule has 1 unspecified atom stereocenters. The van der Waals surface area contributed by atoms with Gasteiger partial charge in [-0.2, -0.15) is 0 Å². The summed E-state index contributed by atoms with van der Waals surface area (Å²) < 4.78 is 0. The lowest BCUT2D eigenvalue weighted by Gasteiger charge is -2.26. The third-order valence-electron chi connectivity index (χ3n) is 4.25. The van der Waals surface area contributed by atoms with Crippen LogP contribution in [0.4, 0.5) is 0 Å². The number of hydrogen-bond acceptors (Lipinski definition) is 1. The van der Waals surface area contributed by atoms with E-state index in [1.165, 1.54) is 43.5 Å². The van der Waals surface area contributed by atoms with Crippen molar-refractivity contribution in [3.05, 3.63) is 28.1 Å². The summed E-state index contributed by atoms with van der Waals surface area (Å²) in [6.45, 7) is 9.46. The summed E-state index contributed by atoms with van der Waals surface area (Å²) in [5, 5.41) is 0. The molecule has 1 aromatic rings. The molecule has 1 aromatic heterocycles. The van der Waals surface area contributed by atoms with Crippen molar-refractivity contribution < 1.29 is 0 Å². The quantitative estimate of drug-likeness (QED) is 0.662. The minimum Gasteiger partial charge on any atom is -0.257 e. The van der Waals surface area contributed by atoms with Gasteiger partial charge in [0.2, 0.25) is 0 Å². The maximum absolute atomic E-state index is 4.96. The first kappa shape index (κ1) is 11.3. The lowest BCUT2D eigenvalue weighted by Crippen LogP contribution is -2.18. The van der Waals surface area contributed by atoms with Crippen LogP contribution >= 0.6 is 0 Å². The zero-order valence-electron chi connectivity index (χ0n) is 11.6. The molecule has 3 rings (SSSR count). The van der Waals surface area contributed by atoms with Crippen LogP contribution in [0.25, 0.3) is 0 Å². The maximum Gasteiger partial charge on any atom is 0.0444 e. The molecule has 2 aliphatic rings. The van der Waals surface area contributed by atoms with Gasteiger partial charge in [-0.1, -0.05) is 27.7 Å². The van der Waals surface area contributed by atoms with Gasteiger partial charge in [0.1, 0.15) is 0 Å². The van der Waals surface area contributed by atoms with E-state index >= 15 is 0 Å². The highest BCUT2D eigenvalue weighted by Crippen LogP contribution is 2.40. The first-order chi connectivity index (χ1) is 7.97. The number of nitrogens with zero attached hydrogens (tertiary/aromatic N) is 1. The predicted molar refractivity (Wildman–Crippen MR) is 71.5 cm³/mol. The zero-order chi connectivity index (χ0) is 12.2. The van der Waals surface area contributed by atoms with Crippen molar-refractivity contribution in [3.8, 4) is 0 Å². The van der Waals surface area contributed by atoms with E-state index < -0.39 is 0 Å². The van der Waals surface area contributed by atoms with Crippen LogP contribution in [0.1, 0.15) is 62.2 Å². The second-order valence-corrected chi connectivity index (χ2v) is 6.95. The van der Waals surface area contributed by atoms with Gasteiger partial charge in [-0.3, -0.25) is 4.98 Å². The Morgan fingerprint density at radius 3 is 2.47 bits per heavy atom. The van der Waals surface area contributed by atoms with Crippen LogP contribution in [-0.2, 0) is 31.1 Å². The molecule has 92 valence electrons. The van der Waals surface area contributed by atoms with Gasteiger partial charge in [0, 0.05) is 11.4 Å². The summed E-state index contributed by atoms with van der Waals surface area (Å²) in [7, 11) is 0. The van der Waals surface area contributed by atoms with E-state index in [-0.39, 0.29) is 5.41 Å². The van der Waals surface area contributed by atoms with Crippen molar-refractivity contribution in [2.24, 2.45) is 5.92 Å². The van der Waals surface area contributed by atoms with Gasteiger partial charge in [0.05, 0.1) is 0 Å². The number of aryl methyl sites for hydroxylation is 1. The van der Waals surface area contributed by atoms with Gasteiger partial charge >= 0.3 is 0 Å². The predicted octanol–water partition coefficient (Wildman–Crippen LogP) is 3.60. The molecule has 0 N–H and O–H groups in total. The molecule has 0 saturated carbocycles. The molecule has 0 amide bonds. The van der Waals surface area contributed by atoms with Crippen LogP contribution < -0.4 is 0 Å². The van der Waals surface area contributed by atoms with Gasteiger partial charge in [0.15, 0.2) is 0 Å². The van der Waals surface area contributed by atoms with Crippen molar-refractivity contribution in [2.45, 2.75) is 65.2 Å². The van der Waals surface area contributed by atoms with Gasteiger partial charge in [-0.25, -0.2) is 0 Å². The number of pyridine rings is 1. The first-order valence-corrected chi connectivity index (χ1v) is 7.01. The SMILES string of the molecule is CC1Cc2nc3c(c(C(C)(C)C)c2C1)CCC3. The Morgan fingerprint density at radius 2 is 1.76 bits per heavy atom. The number of hydrogen-bond donors (Lipinski definition) is 0. The lowest BCUT2D eigenvalue weighted by atomic mass is 9.80. The number of fused-ring (bicyclic) bond motifs is 2. The van der Waals surface area contributed by atoms with E-state index in [0.717, 1.165) is 5.92 Å². The second-order valence-electron chi connectivity index (χ2n) is 6.95. The molecule has 0 saturated heterocycles. The molecule has 0 aliphatic heterocycles. The minimum atomic E-state index is 0.283. The largest absolute Gasteiger partial charge is 0.257 e. The summed E-state index contributed by atoms with van der Waals surface area (Å²) in [5.74, 6) is 0.793. The van der Waals surface area contributed by atoms with E-state index in [1.807, 2.05) is 0 Å². The molecule has 0 spiro atoms. The van der Waals surface area contributed by atoms with Crippen LogP contribution in [0.2, 0.25) is 0 Å². The van der Waals surface area contributed by atoms with E-state index in [2.05, 4.69) is 27.7 Å². The van der Waals surface area contributed by atoms with Gasteiger partial charge in [-0.05, 0) is 60.1 Å². The molecule has 0 aromatic carbocycles. The average Bonchev–Trinajstić information content (AvgIpc) is 2.75. The normalized spacial score (nSPS) is 22.7. The Labute approximate surface area is 105 Å². The standard InChI is InChI=1S/C16H23N/c1-10-8-12-14(9-10)17-13-7-5-6-11(13)15(12)16(2,3)4/h10H,5-9H2,1-4H3. The molecule has 0 bridgehead atoms. The summed E-state index contributed by atoms with van der Waals surface area (Å²) in [6, 6.07) is 0. The molecule has 0 radical (unpaired) electrons. The van der Waals surface area contributed by atoms with Crippen LogP contribution in [-0.4, -0.2) is 4.98 Å². The molecule has 0 fully saturated rings. The molecular weight excluding hydrogens is 206 g/mol. The van der Waals surface area contributed by atoms with Crippen molar-refractivity contribution >= 4 is 0 Å². The second kappa shape index (κ2) is 3.57. The Morgan fingerprint density at radius 1 is 1.00 bits per heavy atom. The maximum atomic E-state index is 4.96. The highest BCUT2D eigenvalue weighted by molar-refractivity contribution is 5.48. The van der Waals surface area contributed by atoms with E-state index in [9.17, 15) is 0 Å². The van der Waals surface area contributed by atoms with E-state index in [4.69, 9.17) is 4.98 Å². The zero-order valence-corrected chi connectivity index (χ0v) is 11.6. The molecule has 17 heavy (non-hydrogen) atoms. The fourth-order valence-electron chi connectivity index (χ4n) is 3.72. The molecule has 1 nitrogen and oxygen atoms in total. The topological polar surface area (TPSA) is 12.9 Å². The summed E-state index contributed by atoms with van der Waals surface area (Å²) in [5.41, 5.74) is 7.98. The monoisotopic (exact) mass is 229 g/mol. The van der Waals surface area contributed by atoms with Gasteiger partial charge < -0.3 is 0 Å². The van der Waals surface area contributed by atoms with Crippen LogP contribution in [0.3, 0.4) is 0 Å². The van der Waals surface area contributed by atoms with Gasteiger partial charge in [0.25, 0.3) is 0 Å². The van der Waals surface area contributed by atoms with Crippen molar-refractivity contribution in [3.63, 3.8) is 0 Å². The molecule has 1 atom stereocenters. The third-order valence-corrected chi connectivity index (χ3v) is 4.25. The first-order valence-electron chi connectivity index (χ1n) is 7.01. The minimum absolute atomic E-state index is 0.283. The molecule has 1 heteroatoms. The van der Waals surface area contributed by atoms with Gasteiger partial charge in [-0.15, -0.1) is 0 Å². The number of rotatable bonds is 0. The van der Waals surface area contributed by atoms with Crippen molar-refractivity contribution in [2.75, 3.05) is 0 Å². The highest BCUT2D eigenvalue weighted by Gasteiger charge is 2.32. The third kappa shape index (κ3) is 1.71. The summed E-state index contributed by atoms with van der Waals surface area (Å²) in [4.78, 5) is 4.96. The van der Waals surface area contributed by atoms with E-state index in [1.54, 1.807) is 16.7 Å². The Balaban J connectivity index is 2.25. The Hall–Kier alpha value is -0.850. The van der Waals surface area contributed by atoms with Crippen LogP contribution in [0.15, 0.2) is 0 Å². The number of aromatic nitrogens is 1. The fourth-order valence-corrected chi connectivity index (χ4v) is 3.72. The smallest absolute Gasteiger partial charge is 0.0444 e. The molecule has 1 heterocycles. The van der Waals surface area contributed by atoms with Crippen molar-refractivity contribution in [1.82, 2.24) is 4.98 Å². The van der Waals surface area contributed by atoms with Crippen LogP contribution in [0.5, 0.6) is 0 Å².